The van der Waals surface area contributed by atoms with Crippen molar-refractivity contribution in [1.29, 1.82) is 5.26 Å². The lowest BCUT2D eigenvalue weighted by Crippen LogP contribution is -2.52. The Morgan fingerprint density at radius 3 is 2.27 bits per heavy atom. The number of amides is 2. The van der Waals surface area contributed by atoms with E-state index in [0.29, 0.717) is 23.5 Å². The molecule has 0 radical (unpaired) electrons. The Kier molecular flexibility index (Phi) is 7.43. The van der Waals surface area contributed by atoms with Crippen LogP contribution in [0.25, 0.3) is 0 Å². The highest BCUT2D eigenvalue weighted by atomic mass is 32.5. The maximum atomic E-state index is 14.3. The molecular weight excluding hydrogens is 586 g/mol. The van der Waals surface area contributed by atoms with Crippen LogP contribution in [-0.4, -0.2) is 46.2 Å². The largest absolute Gasteiger partial charge is 0.351 e. The van der Waals surface area contributed by atoms with E-state index >= 15 is 0 Å². The smallest absolute Gasteiger partial charge is 0.310 e. The first-order valence-electron chi connectivity index (χ1n) is 12.5. The zero-order valence-corrected chi connectivity index (χ0v) is 22.1. The summed E-state index contributed by atoms with van der Waals surface area (Å²) < 4.78 is 109. The molecule has 4 rings (SSSR count). The molecule has 1 N–H and O–H groups in total. The molecule has 1 saturated heterocycles. The SMILES string of the molecule is N#CN1CCCC1C(=O)N(c1ccc(S(F)(F)(F)(F)F)cc1)C(C(=O)NC1CCC(F)(F)CC1)c1cncc(F)c1. The molecule has 2 amide bonds. The fourth-order valence-corrected chi connectivity index (χ4v) is 5.68. The summed E-state index contributed by atoms with van der Waals surface area (Å²) in [6.07, 6.45) is 2.87. The molecule has 16 heteroatoms. The van der Waals surface area contributed by atoms with E-state index in [1.54, 1.807) is 0 Å². The molecule has 2 aromatic rings. The minimum atomic E-state index is -10.1. The fourth-order valence-electron chi connectivity index (χ4n) is 5.03. The zero-order valence-electron chi connectivity index (χ0n) is 21.3. The average Bonchev–Trinajstić information content (AvgIpc) is 3.36. The van der Waals surface area contributed by atoms with Gasteiger partial charge < -0.3 is 5.32 Å². The molecule has 224 valence electrons. The highest BCUT2D eigenvalue weighted by Gasteiger charge is 2.65. The normalized spacial score (nSPS) is 21.7. The first-order chi connectivity index (χ1) is 18.9. The molecule has 2 atom stereocenters. The molecule has 2 aliphatic rings. The van der Waals surface area contributed by atoms with E-state index in [-0.39, 0.29) is 43.5 Å². The molecule has 2 heterocycles. The number of nitrogens with zero attached hydrogens (tertiary/aromatic N) is 4. The average molecular weight is 612 g/mol. The third-order valence-corrected chi connectivity index (χ3v) is 8.24. The Morgan fingerprint density at radius 1 is 1.07 bits per heavy atom. The number of likely N-dealkylation sites (tertiary alicyclic amines) is 1. The van der Waals surface area contributed by atoms with Crippen LogP contribution in [0.4, 0.5) is 38.3 Å². The maximum absolute atomic E-state index is 14.3. The lowest BCUT2D eigenvalue weighted by atomic mass is 9.91. The molecule has 7 nitrogen and oxygen atoms in total. The predicted octanol–water partition coefficient (Wildman–Crippen LogP) is 6.59. The van der Waals surface area contributed by atoms with Gasteiger partial charge in [0.1, 0.15) is 22.8 Å². The van der Waals surface area contributed by atoms with Crippen molar-refractivity contribution in [2.75, 3.05) is 11.4 Å². The Hall–Kier alpha value is -3.61. The van der Waals surface area contributed by atoms with Gasteiger partial charge in [0.05, 0.1) is 6.20 Å². The highest BCUT2D eigenvalue weighted by Crippen LogP contribution is 3.02. The predicted molar refractivity (Wildman–Crippen MR) is 133 cm³/mol. The van der Waals surface area contributed by atoms with Gasteiger partial charge in [-0.3, -0.25) is 24.4 Å². The van der Waals surface area contributed by atoms with Crippen LogP contribution in [0.1, 0.15) is 50.1 Å². The van der Waals surface area contributed by atoms with Gasteiger partial charge in [0.15, 0.2) is 6.19 Å². The molecule has 41 heavy (non-hydrogen) atoms. The van der Waals surface area contributed by atoms with Gasteiger partial charge in [0.2, 0.25) is 11.8 Å². The second-order valence-electron chi connectivity index (χ2n) is 10.1. The lowest BCUT2D eigenvalue weighted by Gasteiger charge is -2.41. The van der Waals surface area contributed by atoms with Crippen LogP contribution in [-0.2, 0) is 9.59 Å². The fraction of sp³-hybridized carbons (Fsp3) is 0.440. The van der Waals surface area contributed by atoms with Crippen molar-refractivity contribution < 1.29 is 42.2 Å². The number of nitrogens with one attached hydrogen (secondary N) is 1. The monoisotopic (exact) mass is 611 g/mol. The number of hydrogen-bond donors (Lipinski definition) is 1. The van der Waals surface area contributed by atoms with Crippen LogP contribution in [0.2, 0.25) is 0 Å². The van der Waals surface area contributed by atoms with Crippen LogP contribution in [0.15, 0.2) is 47.6 Å². The number of nitriles is 1. The van der Waals surface area contributed by atoms with E-state index in [1.807, 2.05) is 6.19 Å². The van der Waals surface area contributed by atoms with Gasteiger partial charge in [-0.25, -0.2) is 13.2 Å². The van der Waals surface area contributed by atoms with Gasteiger partial charge in [-0.1, -0.05) is 19.4 Å². The number of alkyl halides is 2. The van der Waals surface area contributed by atoms with Crippen molar-refractivity contribution in [3.05, 3.63) is 54.1 Å². The lowest BCUT2D eigenvalue weighted by molar-refractivity contribution is -0.129. The van der Waals surface area contributed by atoms with Gasteiger partial charge in [-0.15, -0.1) is 0 Å². The van der Waals surface area contributed by atoms with E-state index < -0.39 is 75.3 Å². The summed E-state index contributed by atoms with van der Waals surface area (Å²) in [6.45, 7) is 0.165. The second-order valence-corrected chi connectivity index (χ2v) is 12.5. The van der Waals surface area contributed by atoms with Crippen LogP contribution < -0.4 is 10.2 Å². The number of carbonyl (C=O) groups is 2. The number of carbonyl (C=O) groups excluding carboxylic acids is 2. The topological polar surface area (TPSA) is 89.3 Å². The number of anilines is 1. The minimum absolute atomic E-state index is 0.0654. The molecule has 0 bridgehead atoms. The first kappa shape index (κ1) is 30.4. The molecule has 0 spiro atoms. The summed E-state index contributed by atoms with van der Waals surface area (Å²) in [5.41, 5.74) is -0.653. The molecule has 2 fully saturated rings. The summed E-state index contributed by atoms with van der Waals surface area (Å²) >= 11 is 0. The summed E-state index contributed by atoms with van der Waals surface area (Å²) in [4.78, 5) is 30.8. The van der Waals surface area contributed by atoms with Crippen molar-refractivity contribution in [2.24, 2.45) is 0 Å². The van der Waals surface area contributed by atoms with Crippen molar-refractivity contribution in [1.82, 2.24) is 15.2 Å². The number of aromatic nitrogens is 1. The molecule has 1 aliphatic carbocycles. The molecule has 1 saturated carbocycles. The van der Waals surface area contributed by atoms with E-state index in [9.17, 15) is 47.5 Å². The van der Waals surface area contributed by atoms with Crippen LogP contribution in [0.5, 0.6) is 0 Å². The quantitative estimate of drug-likeness (QED) is 0.282. The first-order valence-corrected chi connectivity index (χ1v) is 14.5. The maximum Gasteiger partial charge on any atom is 0.310 e. The van der Waals surface area contributed by atoms with Gasteiger partial charge in [0, 0.05) is 42.9 Å². The van der Waals surface area contributed by atoms with Crippen molar-refractivity contribution >= 4 is 27.7 Å². The Labute approximate surface area is 229 Å². The van der Waals surface area contributed by atoms with Crippen LogP contribution in [0, 0.1) is 17.3 Å². The Balaban J connectivity index is 1.81. The summed E-state index contributed by atoms with van der Waals surface area (Å²) in [5, 5.41) is 12.0. The number of halogens is 8. The zero-order chi connectivity index (χ0) is 30.3. The van der Waals surface area contributed by atoms with Crippen LogP contribution >= 0.6 is 10.2 Å². The molecule has 1 aliphatic heterocycles. The second kappa shape index (κ2) is 10.0. The van der Waals surface area contributed by atoms with Gasteiger partial charge in [-0.2, -0.15) is 5.26 Å². The van der Waals surface area contributed by atoms with E-state index in [0.717, 1.165) is 23.4 Å². The Bertz CT molecular complexity index is 1360. The highest BCUT2D eigenvalue weighted by molar-refractivity contribution is 8.45. The summed E-state index contributed by atoms with van der Waals surface area (Å²) in [7, 11) is -10.1. The molecule has 2 unspecified atom stereocenters. The van der Waals surface area contributed by atoms with E-state index in [4.69, 9.17) is 0 Å². The summed E-state index contributed by atoms with van der Waals surface area (Å²) in [5.74, 6) is -5.79. The minimum Gasteiger partial charge on any atom is -0.351 e. The number of rotatable bonds is 7. The Morgan fingerprint density at radius 2 is 1.71 bits per heavy atom. The summed E-state index contributed by atoms with van der Waals surface area (Å²) in [6, 6.07) is -1.60. The standard InChI is InChI=1S/C25H25F8N5O2S/c26-17-12-16(13-35-14-17)22(23(39)36-18-7-9-25(27,28)10-8-18)38(24(40)21-2-1-11-37(21)15-34)19-3-5-20(6-4-19)41(29,30,31,32)33/h3-6,12-14,18,21-22H,1-2,7-11H2,(H,36,39). The number of benzene rings is 1. The van der Waals surface area contributed by atoms with Crippen LogP contribution in [0.3, 0.4) is 0 Å². The molecule has 1 aromatic heterocycles. The number of hydrogen-bond acceptors (Lipinski definition) is 5. The third-order valence-electron chi connectivity index (χ3n) is 7.08. The van der Waals surface area contributed by atoms with E-state index in [2.05, 4.69) is 10.3 Å². The van der Waals surface area contributed by atoms with Gasteiger partial charge >= 0.3 is 10.2 Å². The number of pyridine rings is 1. The molecule has 1 aromatic carbocycles. The van der Waals surface area contributed by atoms with Crippen molar-refractivity contribution in [3.8, 4) is 6.19 Å². The van der Waals surface area contributed by atoms with E-state index in [1.165, 1.54) is 0 Å². The van der Waals surface area contributed by atoms with Crippen molar-refractivity contribution in [3.63, 3.8) is 0 Å². The van der Waals surface area contributed by atoms with Gasteiger partial charge in [0.25, 0.3) is 5.91 Å². The molecular formula is C25H25F8N5O2S. The third kappa shape index (κ3) is 7.00. The van der Waals surface area contributed by atoms with Gasteiger partial charge in [-0.05, 0) is 56.0 Å². The van der Waals surface area contributed by atoms with Crippen molar-refractivity contribution in [2.45, 2.75) is 67.5 Å².